The Morgan fingerprint density at radius 3 is 2.85 bits per heavy atom. The molecule has 0 saturated heterocycles. The van der Waals surface area contributed by atoms with Crippen LogP contribution in [0.15, 0.2) is 24.4 Å². The molecule has 1 aromatic rings. The lowest BCUT2D eigenvalue weighted by atomic mass is 10.1. The van der Waals surface area contributed by atoms with Crippen LogP contribution in [-0.4, -0.2) is 4.98 Å². The van der Waals surface area contributed by atoms with Gasteiger partial charge in [0.1, 0.15) is 0 Å². The average molecular weight is 171 g/mol. The molecule has 1 aromatic heterocycles. The maximum Gasteiger partial charge on any atom is 0.0701 e. The smallest absolute Gasteiger partial charge is 0.0701 e. The summed E-state index contributed by atoms with van der Waals surface area (Å²) in [5, 5.41) is 0. The molecule has 0 radical (unpaired) electrons. The van der Waals surface area contributed by atoms with Gasteiger partial charge in [-0.05, 0) is 30.5 Å². The Labute approximate surface area is 78.8 Å². The highest BCUT2D eigenvalue weighted by molar-refractivity contribution is 5.67. The molecule has 0 aliphatic heterocycles. The predicted molar refractivity (Wildman–Crippen MR) is 56.2 cm³/mol. The Bertz CT molecular complexity index is 375. The Morgan fingerprint density at radius 2 is 2.00 bits per heavy atom. The quantitative estimate of drug-likeness (QED) is 0.584. The molecule has 13 heavy (non-hydrogen) atoms. The summed E-state index contributed by atoms with van der Waals surface area (Å²) in [6.45, 7) is 4.29. The van der Waals surface area contributed by atoms with Gasteiger partial charge in [-0.1, -0.05) is 25.2 Å². The fourth-order valence-electron chi connectivity index (χ4n) is 1.50. The Kier molecular flexibility index (Phi) is 2.01. The van der Waals surface area contributed by atoms with Crippen LogP contribution in [0.1, 0.15) is 23.7 Å². The minimum absolute atomic E-state index is 0.508. The highest BCUT2D eigenvalue weighted by atomic mass is 14.7. The molecule has 0 aromatic carbocycles. The molecule has 1 nitrogen and oxygen atoms in total. The van der Waals surface area contributed by atoms with E-state index in [-0.39, 0.29) is 0 Å². The van der Waals surface area contributed by atoms with Gasteiger partial charge < -0.3 is 0 Å². The van der Waals surface area contributed by atoms with Crippen LogP contribution < -0.4 is 0 Å². The van der Waals surface area contributed by atoms with Crippen molar-refractivity contribution in [1.29, 1.82) is 0 Å². The van der Waals surface area contributed by atoms with Crippen molar-refractivity contribution in [2.24, 2.45) is 5.92 Å². The van der Waals surface area contributed by atoms with Crippen molar-refractivity contribution in [2.45, 2.75) is 13.8 Å². The first-order chi connectivity index (χ1) is 6.27. The zero-order chi connectivity index (χ0) is 9.26. The van der Waals surface area contributed by atoms with Crippen LogP contribution in [0.5, 0.6) is 0 Å². The van der Waals surface area contributed by atoms with E-state index < -0.39 is 0 Å². The summed E-state index contributed by atoms with van der Waals surface area (Å²) >= 11 is 0. The molecule has 1 heteroatoms. The van der Waals surface area contributed by atoms with Crippen LogP contribution in [0, 0.1) is 12.8 Å². The van der Waals surface area contributed by atoms with Gasteiger partial charge in [0, 0.05) is 11.8 Å². The summed E-state index contributed by atoms with van der Waals surface area (Å²) in [5.41, 5.74) is 3.63. The molecule has 0 bridgehead atoms. The van der Waals surface area contributed by atoms with Gasteiger partial charge in [-0.2, -0.15) is 0 Å². The van der Waals surface area contributed by atoms with E-state index in [0.29, 0.717) is 5.92 Å². The van der Waals surface area contributed by atoms with E-state index >= 15 is 0 Å². The summed E-state index contributed by atoms with van der Waals surface area (Å²) in [6.07, 6.45) is 10.5. The lowest BCUT2D eigenvalue weighted by Crippen LogP contribution is -1.88. The van der Waals surface area contributed by atoms with Crippen molar-refractivity contribution in [2.75, 3.05) is 0 Å². The molecule has 1 heterocycles. The number of nitrogens with zero attached hydrogens (tertiary/aromatic N) is 1. The van der Waals surface area contributed by atoms with Gasteiger partial charge in [0.15, 0.2) is 0 Å². The van der Waals surface area contributed by atoms with Crippen LogP contribution in [0.4, 0.5) is 0 Å². The minimum Gasteiger partial charge on any atom is -0.256 e. The molecule has 1 aliphatic carbocycles. The summed E-state index contributed by atoms with van der Waals surface area (Å²) in [5.74, 6) is 0.508. The van der Waals surface area contributed by atoms with Gasteiger partial charge in [0.05, 0.1) is 5.69 Å². The van der Waals surface area contributed by atoms with E-state index in [1.54, 1.807) is 0 Å². The molecule has 0 saturated carbocycles. The number of fused-ring (bicyclic) bond motifs is 1. The van der Waals surface area contributed by atoms with E-state index in [4.69, 9.17) is 0 Å². The van der Waals surface area contributed by atoms with Gasteiger partial charge in [-0.3, -0.25) is 4.98 Å². The summed E-state index contributed by atoms with van der Waals surface area (Å²) in [6, 6.07) is 2.05. The van der Waals surface area contributed by atoms with Crippen molar-refractivity contribution < 1.29 is 0 Å². The number of hydrogen-bond donors (Lipinski definition) is 0. The van der Waals surface area contributed by atoms with Crippen LogP contribution in [0.2, 0.25) is 0 Å². The summed E-state index contributed by atoms with van der Waals surface area (Å²) < 4.78 is 0. The van der Waals surface area contributed by atoms with Crippen LogP contribution >= 0.6 is 0 Å². The molecule has 0 N–H and O–H groups in total. The monoisotopic (exact) mass is 171 g/mol. The van der Waals surface area contributed by atoms with E-state index in [2.05, 4.69) is 43.1 Å². The highest BCUT2D eigenvalue weighted by Gasteiger charge is 2.04. The Balaban J connectivity index is 2.59. The van der Waals surface area contributed by atoms with Crippen LogP contribution in [0.25, 0.3) is 12.2 Å². The Morgan fingerprint density at radius 1 is 1.23 bits per heavy atom. The van der Waals surface area contributed by atoms with Crippen molar-refractivity contribution >= 4 is 12.2 Å². The average Bonchev–Trinajstić information content (AvgIpc) is 2.30. The number of aromatic nitrogens is 1. The molecule has 1 unspecified atom stereocenters. The molecular formula is C12H13N. The fourth-order valence-corrected chi connectivity index (χ4v) is 1.50. The molecule has 66 valence electrons. The van der Waals surface area contributed by atoms with E-state index in [1.807, 2.05) is 12.3 Å². The molecule has 2 rings (SSSR count). The first kappa shape index (κ1) is 8.24. The fraction of sp³-hybridized carbons (Fsp3) is 0.250. The summed E-state index contributed by atoms with van der Waals surface area (Å²) in [7, 11) is 0. The van der Waals surface area contributed by atoms with Gasteiger partial charge in [-0.15, -0.1) is 0 Å². The predicted octanol–water partition coefficient (Wildman–Crippen LogP) is 3.07. The number of hydrogen-bond acceptors (Lipinski definition) is 1. The summed E-state index contributed by atoms with van der Waals surface area (Å²) in [4.78, 5) is 4.34. The van der Waals surface area contributed by atoms with Crippen molar-refractivity contribution in [3.8, 4) is 0 Å². The second-order valence-electron chi connectivity index (χ2n) is 3.50. The third-order valence-electron chi connectivity index (χ3n) is 2.36. The van der Waals surface area contributed by atoms with Crippen molar-refractivity contribution in [1.82, 2.24) is 4.98 Å². The second-order valence-corrected chi connectivity index (χ2v) is 3.50. The van der Waals surface area contributed by atoms with E-state index in [0.717, 1.165) is 5.69 Å². The SMILES string of the molecule is Cc1ccnc2c1C=CC(C)C=C2. The number of aryl methyl sites for hydroxylation is 1. The topological polar surface area (TPSA) is 12.9 Å². The first-order valence-corrected chi connectivity index (χ1v) is 4.59. The van der Waals surface area contributed by atoms with Crippen molar-refractivity contribution in [3.05, 3.63) is 41.2 Å². The van der Waals surface area contributed by atoms with E-state index in [9.17, 15) is 0 Å². The zero-order valence-electron chi connectivity index (χ0n) is 7.99. The highest BCUT2D eigenvalue weighted by Crippen LogP contribution is 2.20. The van der Waals surface area contributed by atoms with Gasteiger partial charge in [0.25, 0.3) is 0 Å². The third kappa shape index (κ3) is 1.55. The number of rotatable bonds is 0. The van der Waals surface area contributed by atoms with Crippen LogP contribution in [-0.2, 0) is 0 Å². The maximum atomic E-state index is 4.34. The maximum absolute atomic E-state index is 4.34. The lowest BCUT2D eigenvalue weighted by molar-refractivity contribution is 0.953. The molecule has 1 atom stereocenters. The Hall–Kier alpha value is -1.37. The minimum atomic E-state index is 0.508. The molecular weight excluding hydrogens is 158 g/mol. The molecule has 1 aliphatic rings. The van der Waals surface area contributed by atoms with E-state index in [1.165, 1.54) is 11.1 Å². The standard InChI is InChI=1S/C12H13N/c1-9-3-5-11-10(2)7-8-13-12(11)6-4-9/h3-9H,1-2H3. The van der Waals surface area contributed by atoms with Gasteiger partial charge in [-0.25, -0.2) is 0 Å². The van der Waals surface area contributed by atoms with Gasteiger partial charge >= 0.3 is 0 Å². The van der Waals surface area contributed by atoms with Gasteiger partial charge in [0.2, 0.25) is 0 Å². The van der Waals surface area contributed by atoms with Crippen LogP contribution in [0.3, 0.4) is 0 Å². The molecule has 0 fully saturated rings. The molecule has 0 amide bonds. The van der Waals surface area contributed by atoms with Crippen molar-refractivity contribution in [3.63, 3.8) is 0 Å². The largest absolute Gasteiger partial charge is 0.256 e. The first-order valence-electron chi connectivity index (χ1n) is 4.59. The zero-order valence-corrected chi connectivity index (χ0v) is 7.99. The second kappa shape index (κ2) is 3.17. The third-order valence-corrected chi connectivity index (χ3v) is 2.36. The number of pyridine rings is 1. The molecule has 0 spiro atoms. The normalized spacial score (nSPS) is 19.7. The lowest BCUT2D eigenvalue weighted by Gasteiger charge is -2.01. The number of allylic oxidation sites excluding steroid dienone is 2.